The first kappa shape index (κ1) is 11.1. The normalized spacial score (nSPS) is 20.1. The third-order valence-corrected chi connectivity index (χ3v) is 3.01. The van der Waals surface area contributed by atoms with E-state index in [-0.39, 0.29) is 11.2 Å². The number of nitrogens with one attached hydrogen (secondary N) is 2. The molecule has 88 valence electrons. The summed E-state index contributed by atoms with van der Waals surface area (Å²) < 4.78 is 1.55. The summed E-state index contributed by atoms with van der Waals surface area (Å²) in [6.07, 6.45) is 6.10. The Morgan fingerprint density at radius 2 is 2.31 bits per heavy atom. The molecule has 1 fully saturated rings. The fourth-order valence-corrected chi connectivity index (χ4v) is 2.13. The summed E-state index contributed by atoms with van der Waals surface area (Å²) in [6.45, 7) is 1.79. The number of hydrogen-bond donors (Lipinski definition) is 2. The molecule has 0 bridgehead atoms. The maximum atomic E-state index is 11.4. The van der Waals surface area contributed by atoms with Crippen LogP contribution in [0.25, 0.3) is 0 Å². The first-order valence-electron chi connectivity index (χ1n) is 5.79. The third kappa shape index (κ3) is 2.82. The van der Waals surface area contributed by atoms with Gasteiger partial charge in [0.1, 0.15) is 0 Å². The smallest absolute Gasteiger partial charge is 0.314 e. The molecule has 1 aliphatic rings. The van der Waals surface area contributed by atoms with Crippen LogP contribution in [-0.2, 0) is 6.54 Å². The van der Waals surface area contributed by atoms with E-state index in [1.165, 1.54) is 18.9 Å². The average molecular weight is 223 g/mol. The van der Waals surface area contributed by atoms with Crippen molar-refractivity contribution >= 4 is 0 Å². The number of rotatable bonds is 4. The average Bonchev–Trinajstić information content (AvgIpc) is 2.74. The van der Waals surface area contributed by atoms with E-state index in [0.717, 1.165) is 19.4 Å². The SMILES string of the molecule is O=c1ccn(CCCC2CCCN2)c(=O)[nH]1. The van der Waals surface area contributed by atoms with E-state index in [9.17, 15) is 9.59 Å². The van der Waals surface area contributed by atoms with Crippen molar-refractivity contribution < 1.29 is 0 Å². The molecule has 0 aromatic carbocycles. The van der Waals surface area contributed by atoms with E-state index in [0.29, 0.717) is 12.6 Å². The molecule has 0 spiro atoms. The van der Waals surface area contributed by atoms with Crippen LogP contribution in [0.15, 0.2) is 21.9 Å². The lowest BCUT2D eigenvalue weighted by Gasteiger charge is -2.10. The Bertz CT molecular complexity index is 443. The fraction of sp³-hybridized carbons (Fsp3) is 0.636. The van der Waals surface area contributed by atoms with Crippen molar-refractivity contribution in [2.75, 3.05) is 6.54 Å². The molecule has 1 aliphatic heterocycles. The van der Waals surface area contributed by atoms with E-state index in [1.54, 1.807) is 10.8 Å². The Morgan fingerprint density at radius 3 is 3.00 bits per heavy atom. The Labute approximate surface area is 93.5 Å². The predicted octanol–water partition coefficient (Wildman–Crippen LogP) is 0.0688. The zero-order chi connectivity index (χ0) is 11.4. The van der Waals surface area contributed by atoms with Gasteiger partial charge in [-0.25, -0.2) is 4.79 Å². The van der Waals surface area contributed by atoms with Crippen molar-refractivity contribution in [3.05, 3.63) is 33.1 Å². The number of nitrogens with zero attached hydrogens (tertiary/aromatic N) is 1. The van der Waals surface area contributed by atoms with Crippen LogP contribution in [0.5, 0.6) is 0 Å². The number of aryl methyl sites for hydroxylation is 1. The van der Waals surface area contributed by atoms with Crippen LogP contribution in [-0.4, -0.2) is 22.1 Å². The summed E-state index contributed by atoms with van der Waals surface area (Å²) >= 11 is 0. The third-order valence-electron chi connectivity index (χ3n) is 3.01. The number of aromatic amines is 1. The van der Waals surface area contributed by atoms with E-state index < -0.39 is 0 Å². The molecule has 16 heavy (non-hydrogen) atoms. The van der Waals surface area contributed by atoms with Gasteiger partial charge in [-0.05, 0) is 32.2 Å². The number of aromatic nitrogens is 2. The molecule has 5 nitrogen and oxygen atoms in total. The molecule has 1 saturated heterocycles. The Hall–Kier alpha value is -1.36. The van der Waals surface area contributed by atoms with Crippen LogP contribution in [0.4, 0.5) is 0 Å². The highest BCUT2D eigenvalue weighted by atomic mass is 16.2. The summed E-state index contributed by atoms with van der Waals surface area (Å²) in [5.74, 6) is 0. The van der Waals surface area contributed by atoms with Gasteiger partial charge in [-0.2, -0.15) is 0 Å². The Balaban J connectivity index is 1.84. The van der Waals surface area contributed by atoms with Crippen LogP contribution in [0.3, 0.4) is 0 Å². The molecule has 5 heteroatoms. The molecule has 1 aromatic heterocycles. The molecule has 2 heterocycles. The van der Waals surface area contributed by atoms with Crippen molar-refractivity contribution in [3.63, 3.8) is 0 Å². The molecule has 0 amide bonds. The lowest BCUT2D eigenvalue weighted by atomic mass is 10.1. The Morgan fingerprint density at radius 1 is 1.44 bits per heavy atom. The van der Waals surface area contributed by atoms with Gasteiger partial charge < -0.3 is 9.88 Å². The van der Waals surface area contributed by atoms with Gasteiger partial charge in [0, 0.05) is 24.8 Å². The quantitative estimate of drug-likeness (QED) is 0.759. The van der Waals surface area contributed by atoms with Gasteiger partial charge in [-0.3, -0.25) is 9.78 Å². The van der Waals surface area contributed by atoms with Gasteiger partial charge in [0.2, 0.25) is 0 Å². The predicted molar refractivity (Wildman–Crippen MR) is 61.6 cm³/mol. The maximum Gasteiger partial charge on any atom is 0.328 e. The highest BCUT2D eigenvalue weighted by Gasteiger charge is 2.12. The molecule has 1 aromatic rings. The molecular formula is C11H17N3O2. The van der Waals surface area contributed by atoms with E-state index in [2.05, 4.69) is 10.3 Å². The summed E-state index contributed by atoms with van der Waals surface area (Å²) in [6, 6.07) is 1.99. The van der Waals surface area contributed by atoms with Gasteiger partial charge in [0.15, 0.2) is 0 Å². The topological polar surface area (TPSA) is 66.9 Å². The lowest BCUT2D eigenvalue weighted by Crippen LogP contribution is -2.29. The standard InChI is InChI=1S/C11H17N3O2/c15-10-5-8-14(11(16)13-10)7-2-4-9-3-1-6-12-9/h5,8-9,12H,1-4,6-7H2,(H,13,15,16). The largest absolute Gasteiger partial charge is 0.328 e. The molecule has 2 rings (SSSR count). The molecule has 0 aliphatic carbocycles. The van der Waals surface area contributed by atoms with E-state index in [1.807, 2.05) is 0 Å². The van der Waals surface area contributed by atoms with Crippen molar-refractivity contribution in [1.29, 1.82) is 0 Å². The second-order valence-electron chi connectivity index (χ2n) is 4.24. The molecular weight excluding hydrogens is 206 g/mol. The van der Waals surface area contributed by atoms with Crippen molar-refractivity contribution in [1.82, 2.24) is 14.9 Å². The van der Waals surface area contributed by atoms with Crippen molar-refractivity contribution in [2.24, 2.45) is 0 Å². The second kappa shape index (κ2) is 5.12. The van der Waals surface area contributed by atoms with Gasteiger partial charge in [-0.1, -0.05) is 0 Å². The number of hydrogen-bond acceptors (Lipinski definition) is 3. The molecule has 0 radical (unpaired) electrons. The molecule has 2 N–H and O–H groups in total. The van der Waals surface area contributed by atoms with Gasteiger partial charge in [-0.15, -0.1) is 0 Å². The van der Waals surface area contributed by atoms with Crippen LogP contribution in [0, 0.1) is 0 Å². The molecule has 1 atom stereocenters. The lowest BCUT2D eigenvalue weighted by molar-refractivity contribution is 0.493. The molecule has 1 unspecified atom stereocenters. The second-order valence-corrected chi connectivity index (χ2v) is 4.24. The minimum Gasteiger partial charge on any atom is -0.314 e. The van der Waals surface area contributed by atoms with Crippen molar-refractivity contribution in [2.45, 2.75) is 38.3 Å². The fourth-order valence-electron chi connectivity index (χ4n) is 2.13. The van der Waals surface area contributed by atoms with E-state index in [4.69, 9.17) is 0 Å². The summed E-state index contributed by atoms with van der Waals surface area (Å²) in [7, 11) is 0. The van der Waals surface area contributed by atoms with Gasteiger partial charge in [0.05, 0.1) is 0 Å². The summed E-state index contributed by atoms with van der Waals surface area (Å²) in [5, 5.41) is 3.42. The van der Waals surface area contributed by atoms with Crippen molar-refractivity contribution in [3.8, 4) is 0 Å². The maximum absolute atomic E-state index is 11.4. The minimum atomic E-state index is -0.335. The zero-order valence-corrected chi connectivity index (χ0v) is 9.24. The first-order chi connectivity index (χ1) is 7.75. The summed E-state index contributed by atoms with van der Waals surface area (Å²) in [4.78, 5) is 24.5. The number of H-pyrrole nitrogens is 1. The zero-order valence-electron chi connectivity index (χ0n) is 9.24. The van der Waals surface area contributed by atoms with Gasteiger partial charge in [0.25, 0.3) is 5.56 Å². The highest BCUT2D eigenvalue weighted by molar-refractivity contribution is 4.82. The van der Waals surface area contributed by atoms with Crippen LogP contribution in [0.2, 0.25) is 0 Å². The van der Waals surface area contributed by atoms with Crippen LogP contribution < -0.4 is 16.6 Å². The highest BCUT2D eigenvalue weighted by Crippen LogP contribution is 2.10. The first-order valence-corrected chi connectivity index (χ1v) is 5.79. The minimum absolute atomic E-state index is 0.313. The monoisotopic (exact) mass is 223 g/mol. The van der Waals surface area contributed by atoms with Gasteiger partial charge >= 0.3 is 5.69 Å². The van der Waals surface area contributed by atoms with E-state index >= 15 is 0 Å². The Kier molecular flexibility index (Phi) is 3.56. The molecule has 0 saturated carbocycles. The van der Waals surface area contributed by atoms with Crippen LogP contribution >= 0.6 is 0 Å². The van der Waals surface area contributed by atoms with Crippen LogP contribution in [0.1, 0.15) is 25.7 Å². The summed E-state index contributed by atoms with van der Waals surface area (Å²) in [5.41, 5.74) is -0.648.